The molecule has 7 heteroatoms. The summed E-state index contributed by atoms with van der Waals surface area (Å²) >= 11 is 1.37. The van der Waals surface area contributed by atoms with Crippen LogP contribution in [0.15, 0.2) is 17.5 Å². The van der Waals surface area contributed by atoms with Crippen molar-refractivity contribution >= 4 is 28.3 Å². The summed E-state index contributed by atoms with van der Waals surface area (Å²) in [5, 5.41) is 5.30. The summed E-state index contributed by atoms with van der Waals surface area (Å²) in [5.74, 6) is -0.776. The number of rotatable bonds is 5. The van der Waals surface area contributed by atoms with Crippen LogP contribution in [0.4, 0.5) is 5.13 Å². The minimum absolute atomic E-state index is 0.328. The zero-order chi connectivity index (χ0) is 21.3. The van der Waals surface area contributed by atoms with Gasteiger partial charge in [-0.05, 0) is 50.8 Å². The Morgan fingerprint density at radius 2 is 1.83 bits per heavy atom. The smallest absolute Gasteiger partial charge is 0.339 e. The zero-order valence-corrected chi connectivity index (χ0v) is 18.3. The Morgan fingerprint density at radius 1 is 1.17 bits per heavy atom. The van der Waals surface area contributed by atoms with E-state index >= 15 is 0 Å². The van der Waals surface area contributed by atoms with Gasteiger partial charge in [0.05, 0.1) is 18.4 Å². The van der Waals surface area contributed by atoms with E-state index in [1.165, 1.54) is 24.0 Å². The number of nitrogens with zero attached hydrogens (tertiary/aromatic N) is 1. The van der Waals surface area contributed by atoms with Crippen LogP contribution in [0.2, 0.25) is 0 Å². The standard InChI is InChI=1S/C22H25N3O3S/c1-7-15-18(21(27)28-6)14(5)19(23-15)20(26)25-22-24-16(10-29-22)17-12(3)8-11(2)9-13(17)4/h8-10,23H,7H2,1-6H3,(H,24,25,26). The van der Waals surface area contributed by atoms with Gasteiger partial charge in [0.1, 0.15) is 5.69 Å². The summed E-state index contributed by atoms with van der Waals surface area (Å²) in [6.07, 6.45) is 0.589. The minimum Gasteiger partial charge on any atom is -0.465 e. The molecular formula is C22H25N3O3S. The maximum atomic E-state index is 12.8. The number of benzene rings is 1. The fraction of sp³-hybridized carbons (Fsp3) is 0.318. The molecule has 0 aliphatic carbocycles. The molecule has 0 atom stereocenters. The van der Waals surface area contributed by atoms with Crippen LogP contribution in [0.1, 0.15) is 55.7 Å². The van der Waals surface area contributed by atoms with E-state index in [1.807, 2.05) is 12.3 Å². The highest BCUT2D eigenvalue weighted by atomic mass is 32.1. The first-order valence-corrected chi connectivity index (χ1v) is 10.3. The maximum absolute atomic E-state index is 12.8. The van der Waals surface area contributed by atoms with E-state index in [4.69, 9.17) is 4.74 Å². The molecule has 2 N–H and O–H groups in total. The third-order valence-electron chi connectivity index (χ3n) is 4.96. The molecular weight excluding hydrogens is 386 g/mol. The molecule has 0 unspecified atom stereocenters. The monoisotopic (exact) mass is 411 g/mol. The molecule has 1 amide bonds. The number of esters is 1. The predicted molar refractivity (Wildman–Crippen MR) is 116 cm³/mol. The lowest BCUT2D eigenvalue weighted by Crippen LogP contribution is -2.14. The lowest BCUT2D eigenvalue weighted by atomic mass is 9.98. The summed E-state index contributed by atoms with van der Waals surface area (Å²) in [4.78, 5) is 32.6. The molecule has 2 heterocycles. The Hall–Kier alpha value is -2.93. The van der Waals surface area contributed by atoms with Crippen molar-refractivity contribution in [2.75, 3.05) is 12.4 Å². The summed E-state index contributed by atoms with van der Waals surface area (Å²) < 4.78 is 4.85. The number of carbonyl (C=O) groups excluding carboxylic acids is 2. The molecule has 0 radical (unpaired) electrons. The molecule has 0 aliphatic heterocycles. The van der Waals surface area contributed by atoms with Crippen LogP contribution in [0.25, 0.3) is 11.3 Å². The second-order valence-corrected chi connectivity index (χ2v) is 7.95. The SMILES string of the molecule is CCc1[nH]c(C(=O)Nc2nc(-c3c(C)cc(C)cc3C)cs2)c(C)c1C(=O)OC. The molecule has 152 valence electrons. The average molecular weight is 412 g/mol. The highest BCUT2D eigenvalue weighted by molar-refractivity contribution is 7.14. The number of hydrogen-bond acceptors (Lipinski definition) is 5. The van der Waals surface area contributed by atoms with Gasteiger partial charge in [-0.1, -0.05) is 24.6 Å². The Balaban J connectivity index is 1.89. The molecule has 29 heavy (non-hydrogen) atoms. The molecule has 0 bridgehead atoms. The molecule has 0 saturated carbocycles. The Kier molecular flexibility index (Phi) is 5.88. The fourth-order valence-corrected chi connectivity index (χ4v) is 4.42. The van der Waals surface area contributed by atoms with Gasteiger partial charge in [-0.2, -0.15) is 0 Å². The Labute approximate surface area is 174 Å². The third kappa shape index (κ3) is 3.96. The Bertz CT molecular complexity index is 1070. The average Bonchev–Trinajstić information content (AvgIpc) is 3.24. The lowest BCUT2D eigenvalue weighted by Gasteiger charge is -2.08. The first-order valence-electron chi connectivity index (χ1n) is 9.41. The number of hydrogen-bond donors (Lipinski definition) is 2. The van der Waals surface area contributed by atoms with Gasteiger partial charge in [0.2, 0.25) is 0 Å². The van der Waals surface area contributed by atoms with Crippen LogP contribution < -0.4 is 5.32 Å². The molecule has 0 saturated heterocycles. The van der Waals surface area contributed by atoms with Crippen LogP contribution in [0.5, 0.6) is 0 Å². The second kappa shape index (κ2) is 8.21. The van der Waals surface area contributed by atoms with E-state index in [2.05, 4.69) is 48.2 Å². The molecule has 0 aliphatic rings. The van der Waals surface area contributed by atoms with E-state index < -0.39 is 5.97 Å². The fourth-order valence-electron chi connectivity index (χ4n) is 3.72. The largest absolute Gasteiger partial charge is 0.465 e. The van der Waals surface area contributed by atoms with Crippen molar-refractivity contribution in [2.45, 2.75) is 41.0 Å². The van der Waals surface area contributed by atoms with Crippen LogP contribution in [-0.2, 0) is 11.2 Å². The number of nitrogens with one attached hydrogen (secondary N) is 2. The second-order valence-electron chi connectivity index (χ2n) is 7.09. The van der Waals surface area contributed by atoms with Crippen molar-refractivity contribution in [1.29, 1.82) is 0 Å². The summed E-state index contributed by atoms with van der Waals surface area (Å²) in [6, 6.07) is 4.26. The first kappa shape index (κ1) is 20.8. The van der Waals surface area contributed by atoms with Crippen molar-refractivity contribution in [1.82, 2.24) is 9.97 Å². The van der Waals surface area contributed by atoms with Crippen LogP contribution in [0, 0.1) is 27.7 Å². The van der Waals surface area contributed by atoms with Gasteiger partial charge >= 0.3 is 5.97 Å². The van der Waals surface area contributed by atoms with Crippen molar-refractivity contribution in [3.05, 3.63) is 56.7 Å². The third-order valence-corrected chi connectivity index (χ3v) is 5.71. The van der Waals surface area contributed by atoms with Crippen molar-refractivity contribution in [3.63, 3.8) is 0 Å². The number of aromatic amines is 1. The summed E-state index contributed by atoms with van der Waals surface area (Å²) in [6.45, 7) is 9.86. The van der Waals surface area contributed by atoms with Crippen molar-refractivity contribution < 1.29 is 14.3 Å². The molecule has 0 spiro atoms. The predicted octanol–water partition coefficient (Wildman–Crippen LogP) is 4.97. The minimum atomic E-state index is -0.448. The molecule has 3 aromatic rings. The van der Waals surface area contributed by atoms with Crippen LogP contribution in [-0.4, -0.2) is 29.0 Å². The number of aryl methyl sites for hydroxylation is 4. The van der Waals surface area contributed by atoms with Crippen LogP contribution in [0.3, 0.4) is 0 Å². The van der Waals surface area contributed by atoms with Gasteiger partial charge in [0.25, 0.3) is 5.91 Å². The molecule has 6 nitrogen and oxygen atoms in total. The summed E-state index contributed by atoms with van der Waals surface area (Å²) in [7, 11) is 1.33. The number of H-pyrrole nitrogens is 1. The number of anilines is 1. The van der Waals surface area contributed by atoms with Gasteiger partial charge in [0.15, 0.2) is 5.13 Å². The maximum Gasteiger partial charge on any atom is 0.339 e. The Morgan fingerprint density at radius 3 is 2.41 bits per heavy atom. The zero-order valence-electron chi connectivity index (χ0n) is 17.5. The highest BCUT2D eigenvalue weighted by Crippen LogP contribution is 2.31. The van der Waals surface area contributed by atoms with E-state index in [0.29, 0.717) is 34.1 Å². The molecule has 0 fully saturated rings. The molecule has 3 rings (SSSR count). The van der Waals surface area contributed by atoms with Gasteiger partial charge in [0, 0.05) is 16.6 Å². The first-order chi connectivity index (χ1) is 13.8. The van der Waals surface area contributed by atoms with Gasteiger partial charge in [-0.25, -0.2) is 9.78 Å². The van der Waals surface area contributed by atoms with Crippen LogP contribution >= 0.6 is 11.3 Å². The van der Waals surface area contributed by atoms with Gasteiger partial charge < -0.3 is 9.72 Å². The number of aromatic nitrogens is 2. The number of amides is 1. The van der Waals surface area contributed by atoms with E-state index in [1.54, 1.807) is 6.92 Å². The van der Waals surface area contributed by atoms with E-state index in [0.717, 1.165) is 22.4 Å². The number of carbonyl (C=O) groups is 2. The van der Waals surface area contributed by atoms with Gasteiger partial charge in [-0.15, -0.1) is 11.3 Å². The topological polar surface area (TPSA) is 84.1 Å². The number of methoxy groups -OCH3 is 1. The van der Waals surface area contributed by atoms with Crippen molar-refractivity contribution in [3.8, 4) is 11.3 Å². The lowest BCUT2D eigenvalue weighted by molar-refractivity contribution is 0.0599. The van der Waals surface area contributed by atoms with E-state index in [9.17, 15) is 9.59 Å². The molecule has 1 aromatic carbocycles. The van der Waals surface area contributed by atoms with E-state index in [-0.39, 0.29) is 5.91 Å². The molecule has 2 aromatic heterocycles. The quantitative estimate of drug-likeness (QED) is 0.580. The number of thiazole rings is 1. The normalized spacial score (nSPS) is 10.8. The van der Waals surface area contributed by atoms with Crippen molar-refractivity contribution in [2.24, 2.45) is 0 Å². The number of ether oxygens (including phenoxy) is 1. The highest BCUT2D eigenvalue weighted by Gasteiger charge is 2.24. The van der Waals surface area contributed by atoms with Gasteiger partial charge in [-0.3, -0.25) is 10.1 Å². The summed E-state index contributed by atoms with van der Waals surface area (Å²) in [5.41, 5.74) is 7.48.